The maximum absolute atomic E-state index is 11.3. The summed E-state index contributed by atoms with van der Waals surface area (Å²) >= 11 is 0. The number of halogens is 3. The van der Waals surface area contributed by atoms with Crippen molar-refractivity contribution in [2.75, 3.05) is 0 Å². The summed E-state index contributed by atoms with van der Waals surface area (Å²) in [7, 11) is 0. The van der Waals surface area contributed by atoms with E-state index in [0.717, 1.165) is 0 Å². The first-order valence-electron chi connectivity index (χ1n) is 1.80. The van der Waals surface area contributed by atoms with E-state index >= 15 is 0 Å². The highest BCUT2D eigenvalue weighted by Gasteiger charge is 2.47. The predicted molar refractivity (Wildman–Crippen MR) is 15.5 cm³/mol. The molecule has 1 unspecified atom stereocenters. The fraction of sp³-hybridized carbons (Fsp3) is 1.00. The van der Waals surface area contributed by atoms with Gasteiger partial charge in [-0.1, -0.05) is 0 Å². The SMILES string of the molecule is FC1CC(F)(F)O1. The molecule has 0 spiro atoms. The average molecular weight is 112 g/mol. The number of alkyl halides is 3. The summed E-state index contributed by atoms with van der Waals surface area (Å²) in [6.45, 7) is 0. The molecule has 7 heavy (non-hydrogen) atoms. The number of rotatable bonds is 0. The Hall–Kier alpha value is -0.250. The van der Waals surface area contributed by atoms with Crippen LogP contribution < -0.4 is 0 Å². The van der Waals surface area contributed by atoms with Crippen LogP contribution in [0.3, 0.4) is 0 Å². The number of hydrogen-bond acceptors (Lipinski definition) is 1. The fourth-order valence-electron chi connectivity index (χ4n) is 0.364. The Bertz CT molecular complexity index is 74.2. The number of ether oxygens (including phenoxy) is 1. The summed E-state index contributed by atoms with van der Waals surface area (Å²) in [4.78, 5) is 0. The molecule has 1 aliphatic heterocycles. The summed E-state index contributed by atoms with van der Waals surface area (Å²) in [6, 6.07) is 0. The summed E-state index contributed by atoms with van der Waals surface area (Å²) < 4.78 is 37.3. The molecule has 1 heterocycles. The molecule has 4 heteroatoms. The van der Waals surface area contributed by atoms with Gasteiger partial charge >= 0.3 is 6.11 Å². The highest BCUT2D eigenvalue weighted by atomic mass is 19.3. The largest absolute Gasteiger partial charge is 0.363 e. The topological polar surface area (TPSA) is 9.23 Å². The van der Waals surface area contributed by atoms with E-state index in [4.69, 9.17) is 0 Å². The Morgan fingerprint density at radius 3 is 2.00 bits per heavy atom. The van der Waals surface area contributed by atoms with Crippen LogP contribution in [0.4, 0.5) is 13.2 Å². The van der Waals surface area contributed by atoms with Crippen LogP contribution in [0.25, 0.3) is 0 Å². The van der Waals surface area contributed by atoms with E-state index in [-0.39, 0.29) is 0 Å². The van der Waals surface area contributed by atoms with Crippen molar-refractivity contribution in [3.8, 4) is 0 Å². The van der Waals surface area contributed by atoms with E-state index in [1.807, 2.05) is 0 Å². The third-order valence-electron chi connectivity index (χ3n) is 0.698. The molecule has 1 aliphatic rings. The van der Waals surface area contributed by atoms with Crippen LogP contribution in [0.2, 0.25) is 0 Å². The van der Waals surface area contributed by atoms with Crippen LogP contribution in [0.15, 0.2) is 0 Å². The summed E-state index contributed by atoms with van der Waals surface area (Å²) in [5.74, 6) is 0. The highest BCUT2D eigenvalue weighted by Crippen LogP contribution is 2.35. The van der Waals surface area contributed by atoms with E-state index in [0.29, 0.717) is 0 Å². The van der Waals surface area contributed by atoms with Gasteiger partial charge in [-0.3, -0.25) is 4.74 Å². The van der Waals surface area contributed by atoms with E-state index in [1.54, 1.807) is 0 Å². The van der Waals surface area contributed by atoms with E-state index in [1.165, 1.54) is 0 Å². The Labute approximate surface area is 38.1 Å². The summed E-state index contributed by atoms with van der Waals surface area (Å²) in [6.07, 6.45) is -5.71. The Kier molecular flexibility index (Phi) is 0.786. The van der Waals surface area contributed by atoms with Gasteiger partial charge < -0.3 is 0 Å². The number of hydrogen-bond donors (Lipinski definition) is 0. The lowest BCUT2D eigenvalue weighted by molar-refractivity contribution is -0.381. The lowest BCUT2D eigenvalue weighted by atomic mass is 10.3. The van der Waals surface area contributed by atoms with Crippen molar-refractivity contribution in [1.29, 1.82) is 0 Å². The molecule has 0 aromatic carbocycles. The van der Waals surface area contributed by atoms with Crippen molar-refractivity contribution in [2.45, 2.75) is 18.9 Å². The van der Waals surface area contributed by atoms with E-state index in [9.17, 15) is 13.2 Å². The minimum absolute atomic E-state index is 0.785. The Morgan fingerprint density at radius 1 is 1.57 bits per heavy atom. The lowest BCUT2D eigenvalue weighted by Crippen LogP contribution is -2.40. The van der Waals surface area contributed by atoms with E-state index < -0.39 is 18.9 Å². The molecule has 0 saturated carbocycles. The molecule has 0 N–H and O–H groups in total. The molecular weight excluding hydrogens is 109 g/mol. The normalized spacial score (nSPS) is 37.3. The smallest absolute Gasteiger partial charge is 0.285 e. The molecule has 1 rings (SSSR count). The molecule has 42 valence electrons. The van der Waals surface area contributed by atoms with Crippen molar-refractivity contribution in [2.24, 2.45) is 0 Å². The van der Waals surface area contributed by atoms with Crippen molar-refractivity contribution < 1.29 is 17.9 Å². The Balaban J connectivity index is 2.29. The zero-order chi connectivity index (χ0) is 5.49. The first kappa shape index (κ1) is 4.90. The second-order valence-electron chi connectivity index (χ2n) is 1.37. The second kappa shape index (κ2) is 1.12. The Morgan fingerprint density at radius 2 is 2.00 bits per heavy atom. The van der Waals surface area contributed by atoms with Gasteiger partial charge in [0, 0.05) is 0 Å². The minimum Gasteiger partial charge on any atom is -0.285 e. The van der Waals surface area contributed by atoms with Gasteiger partial charge in [-0.25, -0.2) is 4.39 Å². The molecule has 1 atom stereocenters. The van der Waals surface area contributed by atoms with Gasteiger partial charge in [0.2, 0.25) is 6.36 Å². The molecule has 0 radical (unpaired) electrons. The highest BCUT2D eigenvalue weighted by molar-refractivity contribution is 4.66. The lowest BCUT2D eigenvalue weighted by Gasteiger charge is -2.28. The van der Waals surface area contributed by atoms with Crippen molar-refractivity contribution in [1.82, 2.24) is 0 Å². The van der Waals surface area contributed by atoms with Gasteiger partial charge in [0.25, 0.3) is 0 Å². The second-order valence-corrected chi connectivity index (χ2v) is 1.37. The zero-order valence-electron chi connectivity index (χ0n) is 3.33. The van der Waals surface area contributed by atoms with Crippen LogP contribution in [0.5, 0.6) is 0 Å². The molecule has 0 aromatic heterocycles. The molecule has 0 aromatic rings. The van der Waals surface area contributed by atoms with Crippen LogP contribution in [0.1, 0.15) is 6.42 Å². The molecule has 0 aliphatic carbocycles. The maximum Gasteiger partial charge on any atom is 0.363 e. The summed E-state index contributed by atoms with van der Waals surface area (Å²) in [5, 5.41) is 0. The third kappa shape index (κ3) is 0.851. The van der Waals surface area contributed by atoms with Gasteiger partial charge in [0.15, 0.2) is 0 Å². The molecule has 0 amide bonds. The minimum atomic E-state index is -3.18. The average Bonchev–Trinajstić information content (AvgIpc) is 1.27. The van der Waals surface area contributed by atoms with E-state index in [2.05, 4.69) is 4.74 Å². The predicted octanol–water partition coefficient (Wildman–Crippen LogP) is 1.30. The molecule has 1 saturated heterocycles. The van der Waals surface area contributed by atoms with Crippen molar-refractivity contribution in [3.05, 3.63) is 0 Å². The van der Waals surface area contributed by atoms with Crippen molar-refractivity contribution >= 4 is 0 Å². The fourth-order valence-corrected chi connectivity index (χ4v) is 0.364. The molecular formula is C3H3F3O. The van der Waals surface area contributed by atoms with Crippen LogP contribution in [-0.2, 0) is 4.74 Å². The van der Waals surface area contributed by atoms with Gasteiger partial charge in [0.05, 0.1) is 6.42 Å². The first-order valence-corrected chi connectivity index (χ1v) is 1.80. The zero-order valence-corrected chi connectivity index (χ0v) is 3.33. The van der Waals surface area contributed by atoms with Crippen LogP contribution >= 0.6 is 0 Å². The van der Waals surface area contributed by atoms with Crippen LogP contribution in [0, 0.1) is 0 Å². The third-order valence-corrected chi connectivity index (χ3v) is 0.698. The quantitative estimate of drug-likeness (QED) is 0.458. The van der Waals surface area contributed by atoms with Gasteiger partial charge in [0.1, 0.15) is 0 Å². The molecule has 0 bridgehead atoms. The molecule has 1 fully saturated rings. The van der Waals surface area contributed by atoms with Gasteiger partial charge in [-0.2, -0.15) is 8.78 Å². The first-order chi connectivity index (χ1) is 3.10. The standard InChI is InChI=1S/C3H3F3O/c4-2-1-3(5,6)7-2/h2H,1H2. The van der Waals surface area contributed by atoms with Crippen LogP contribution in [-0.4, -0.2) is 12.5 Å². The van der Waals surface area contributed by atoms with Gasteiger partial charge in [-0.05, 0) is 0 Å². The van der Waals surface area contributed by atoms with Crippen molar-refractivity contribution in [3.63, 3.8) is 0 Å². The maximum atomic E-state index is 11.3. The van der Waals surface area contributed by atoms with Gasteiger partial charge in [-0.15, -0.1) is 0 Å². The monoisotopic (exact) mass is 112 g/mol. The molecule has 1 nitrogen and oxygen atoms in total. The summed E-state index contributed by atoms with van der Waals surface area (Å²) in [5.41, 5.74) is 0.